The summed E-state index contributed by atoms with van der Waals surface area (Å²) in [6.45, 7) is 2.28. The lowest BCUT2D eigenvalue weighted by Crippen LogP contribution is -2.29. The van der Waals surface area contributed by atoms with E-state index in [1.807, 2.05) is 0 Å². The molecular weight excluding hydrogens is 445 g/mol. The van der Waals surface area contributed by atoms with Crippen LogP contribution in [-0.2, 0) is 11.3 Å². The van der Waals surface area contributed by atoms with Gasteiger partial charge in [-0.3, -0.25) is 9.59 Å². The second-order valence-corrected chi connectivity index (χ2v) is 8.69. The second kappa shape index (κ2) is 11.5. The van der Waals surface area contributed by atoms with Crippen LogP contribution in [0.1, 0.15) is 35.2 Å². The average molecular weight is 476 g/mol. The van der Waals surface area contributed by atoms with Crippen molar-refractivity contribution in [3.63, 3.8) is 0 Å². The SMILES string of the molecule is CN(Cc1ccc(N2CCCCC2)cc1)C(=O)c1ccccc1OCC(=O)Nc1ccccc1F. The third kappa shape index (κ3) is 6.38. The Balaban J connectivity index is 1.36. The van der Waals surface area contributed by atoms with E-state index in [9.17, 15) is 14.0 Å². The fraction of sp³-hybridized carbons (Fsp3) is 0.286. The molecule has 1 heterocycles. The van der Waals surface area contributed by atoms with E-state index >= 15 is 0 Å². The van der Waals surface area contributed by atoms with Crippen LogP contribution < -0.4 is 15.0 Å². The minimum atomic E-state index is -0.526. The lowest BCUT2D eigenvalue weighted by atomic mass is 10.1. The molecule has 182 valence electrons. The third-order valence-electron chi connectivity index (χ3n) is 6.05. The molecule has 6 nitrogen and oxygen atoms in total. The molecule has 35 heavy (non-hydrogen) atoms. The van der Waals surface area contributed by atoms with Gasteiger partial charge in [0.1, 0.15) is 11.6 Å². The van der Waals surface area contributed by atoms with Crippen molar-refractivity contribution in [2.24, 2.45) is 0 Å². The highest BCUT2D eigenvalue weighted by atomic mass is 19.1. The maximum Gasteiger partial charge on any atom is 0.262 e. The molecule has 0 bridgehead atoms. The number of carbonyl (C=O) groups excluding carboxylic acids is 2. The summed E-state index contributed by atoms with van der Waals surface area (Å²) in [6.07, 6.45) is 3.75. The number of anilines is 2. The van der Waals surface area contributed by atoms with Gasteiger partial charge in [0.15, 0.2) is 6.61 Å². The van der Waals surface area contributed by atoms with E-state index in [1.54, 1.807) is 48.3 Å². The first-order chi connectivity index (χ1) is 17.0. The van der Waals surface area contributed by atoms with Crippen molar-refractivity contribution in [2.75, 3.05) is 37.0 Å². The Kier molecular flexibility index (Phi) is 7.98. The van der Waals surface area contributed by atoms with Gasteiger partial charge in [0.05, 0.1) is 11.3 Å². The summed E-state index contributed by atoms with van der Waals surface area (Å²) >= 11 is 0. The van der Waals surface area contributed by atoms with Crippen LogP contribution in [0.4, 0.5) is 15.8 Å². The molecule has 1 aliphatic heterocycles. The Morgan fingerprint density at radius 2 is 1.63 bits per heavy atom. The maximum absolute atomic E-state index is 13.8. The molecule has 1 saturated heterocycles. The smallest absolute Gasteiger partial charge is 0.262 e. The Labute approximate surface area is 205 Å². The maximum atomic E-state index is 13.8. The number of para-hydroxylation sites is 2. The van der Waals surface area contributed by atoms with Gasteiger partial charge in [-0.15, -0.1) is 0 Å². The molecule has 0 unspecified atom stereocenters. The molecule has 3 aromatic rings. The summed E-state index contributed by atoms with van der Waals surface area (Å²) in [5, 5.41) is 2.47. The largest absolute Gasteiger partial charge is 0.483 e. The van der Waals surface area contributed by atoms with E-state index < -0.39 is 11.7 Å². The summed E-state index contributed by atoms with van der Waals surface area (Å²) < 4.78 is 19.4. The molecule has 0 saturated carbocycles. The van der Waals surface area contributed by atoms with Crippen molar-refractivity contribution in [3.05, 3.63) is 89.7 Å². The van der Waals surface area contributed by atoms with Crippen LogP contribution in [0.3, 0.4) is 0 Å². The van der Waals surface area contributed by atoms with Crippen LogP contribution in [0.2, 0.25) is 0 Å². The van der Waals surface area contributed by atoms with Crippen LogP contribution in [0, 0.1) is 5.82 Å². The predicted octanol–water partition coefficient (Wildman–Crippen LogP) is 5.11. The lowest BCUT2D eigenvalue weighted by molar-refractivity contribution is -0.118. The number of hydrogen-bond donors (Lipinski definition) is 1. The topological polar surface area (TPSA) is 61.9 Å². The summed E-state index contributed by atoms with van der Waals surface area (Å²) in [7, 11) is 1.74. The van der Waals surface area contributed by atoms with Gasteiger partial charge in [0.25, 0.3) is 11.8 Å². The van der Waals surface area contributed by atoms with Crippen LogP contribution in [-0.4, -0.2) is 43.5 Å². The van der Waals surface area contributed by atoms with E-state index in [0.29, 0.717) is 17.9 Å². The minimum absolute atomic E-state index is 0.0801. The molecule has 0 radical (unpaired) electrons. The van der Waals surface area contributed by atoms with Crippen molar-refractivity contribution < 1.29 is 18.7 Å². The molecule has 2 amide bonds. The fourth-order valence-corrected chi connectivity index (χ4v) is 4.18. The molecule has 0 spiro atoms. The number of piperidine rings is 1. The van der Waals surface area contributed by atoms with Gasteiger partial charge in [-0.05, 0) is 61.2 Å². The minimum Gasteiger partial charge on any atom is -0.483 e. The molecule has 1 aliphatic rings. The Hall–Kier alpha value is -3.87. The van der Waals surface area contributed by atoms with Crippen molar-refractivity contribution in [1.82, 2.24) is 4.90 Å². The Morgan fingerprint density at radius 1 is 0.943 bits per heavy atom. The fourth-order valence-electron chi connectivity index (χ4n) is 4.18. The van der Waals surface area contributed by atoms with Crippen molar-refractivity contribution >= 4 is 23.2 Å². The number of amides is 2. The van der Waals surface area contributed by atoms with E-state index in [-0.39, 0.29) is 18.2 Å². The Bertz CT molecular complexity index is 1160. The molecular formula is C28H30FN3O3. The predicted molar refractivity (Wildman–Crippen MR) is 135 cm³/mol. The highest BCUT2D eigenvalue weighted by Gasteiger charge is 2.18. The first kappa shape index (κ1) is 24.3. The molecule has 3 aromatic carbocycles. The number of carbonyl (C=O) groups is 2. The van der Waals surface area contributed by atoms with E-state index in [2.05, 4.69) is 34.5 Å². The van der Waals surface area contributed by atoms with Gasteiger partial charge in [0, 0.05) is 32.4 Å². The van der Waals surface area contributed by atoms with Gasteiger partial charge in [-0.1, -0.05) is 36.4 Å². The van der Waals surface area contributed by atoms with Gasteiger partial charge in [-0.2, -0.15) is 0 Å². The molecule has 0 aliphatic carbocycles. The molecule has 1 fully saturated rings. The molecule has 4 rings (SSSR count). The zero-order valence-electron chi connectivity index (χ0n) is 19.9. The average Bonchev–Trinajstić information content (AvgIpc) is 2.89. The first-order valence-corrected chi connectivity index (χ1v) is 11.9. The van der Waals surface area contributed by atoms with Gasteiger partial charge in [-0.25, -0.2) is 4.39 Å². The highest BCUT2D eigenvalue weighted by molar-refractivity contribution is 5.97. The third-order valence-corrected chi connectivity index (χ3v) is 6.05. The van der Waals surface area contributed by atoms with E-state index in [1.165, 1.54) is 37.1 Å². The number of nitrogens with zero attached hydrogens (tertiary/aromatic N) is 2. The number of halogens is 1. The summed E-state index contributed by atoms with van der Waals surface area (Å²) in [4.78, 5) is 29.4. The lowest BCUT2D eigenvalue weighted by Gasteiger charge is -2.29. The number of benzene rings is 3. The summed E-state index contributed by atoms with van der Waals surface area (Å²) in [6, 6.07) is 21.1. The molecule has 0 aromatic heterocycles. The van der Waals surface area contributed by atoms with Gasteiger partial charge < -0.3 is 19.9 Å². The van der Waals surface area contributed by atoms with Crippen molar-refractivity contribution in [2.45, 2.75) is 25.8 Å². The van der Waals surface area contributed by atoms with Gasteiger partial charge in [0.2, 0.25) is 0 Å². The van der Waals surface area contributed by atoms with Gasteiger partial charge >= 0.3 is 0 Å². The molecule has 0 atom stereocenters. The van der Waals surface area contributed by atoms with E-state index in [4.69, 9.17) is 4.74 Å². The number of ether oxygens (including phenoxy) is 1. The monoisotopic (exact) mass is 475 g/mol. The van der Waals surface area contributed by atoms with Crippen molar-refractivity contribution in [1.29, 1.82) is 0 Å². The standard InChI is InChI=1S/C28H30FN3O3/c1-31(19-21-13-15-22(16-14-21)32-17-7-2-8-18-32)28(34)23-9-3-6-12-26(23)35-20-27(33)30-25-11-5-4-10-24(25)29/h3-6,9-16H,2,7-8,17-20H2,1H3,(H,30,33). The molecule has 7 heteroatoms. The zero-order chi connectivity index (χ0) is 24.6. The van der Waals surface area contributed by atoms with Crippen LogP contribution in [0.15, 0.2) is 72.8 Å². The number of rotatable bonds is 8. The Morgan fingerprint density at radius 3 is 2.37 bits per heavy atom. The van der Waals surface area contributed by atoms with Crippen LogP contribution in [0.25, 0.3) is 0 Å². The van der Waals surface area contributed by atoms with Crippen molar-refractivity contribution in [3.8, 4) is 5.75 Å². The zero-order valence-corrected chi connectivity index (χ0v) is 19.9. The van der Waals surface area contributed by atoms with Crippen LogP contribution in [0.5, 0.6) is 5.75 Å². The number of nitrogens with one attached hydrogen (secondary N) is 1. The summed E-state index contributed by atoms with van der Waals surface area (Å²) in [5.41, 5.74) is 2.69. The molecule has 1 N–H and O–H groups in total. The van der Waals surface area contributed by atoms with E-state index in [0.717, 1.165) is 18.7 Å². The number of hydrogen-bond acceptors (Lipinski definition) is 4. The highest BCUT2D eigenvalue weighted by Crippen LogP contribution is 2.23. The normalized spacial score (nSPS) is 13.3. The van der Waals surface area contributed by atoms with Crippen LogP contribution >= 0.6 is 0 Å². The summed E-state index contributed by atoms with van der Waals surface area (Å²) in [5.74, 6) is -0.954. The quantitative estimate of drug-likeness (QED) is 0.492. The first-order valence-electron chi connectivity index (χ1n) is 11.9. The second-order valence-electron chi connectivity index (χ2n) is 8.69.